The van der Waals surface area contributed by atoms with Crippen LogP contribution in [0.1, 0.15) is 0 Å². The summed E-state index contributed by atoms with van der Waals surface area (Å²) in [5, 5.41) is 2.53. The fourth-order valence-electron chi connectivity index (χ4n) is 7.32. The summed E-state index contributed by atoms with van der Waals surface area (Å²) >= 11 is 0. The normalized spacial score (nSPS) is 11.0. The summed E-state index contributed by atoms with van der Waals surface area (Å²) in [5.74, 6) is 0. The van der Waals surface area contributed by atoms with Crippen LogP contribution in [-0.4, -0.2) is 0 Å². The monoisotopic (exact) mass is 675 g/mol. The Morgan fingerprint density at radius 1 is 0.226 bits per heavy atom. The number of fused-ring (bicyclic) bond motifs is 1. The maximum Gasteiger partial charge on any atom is 0.0462 e. The first kappa shape index (κ1) is 32.0. The van der Waals surface area contributed by atoms with Crippen LogP contribution in [0.15, 0.2) is 224 Å². The van der Waals surface area contributed by atoms with Gasteiger partial charge in [-0.2, -0.15) is 0 Å². The Kier molecular flexibility index (Phi) is 8.66. The largest absolute Gasteiger partial charge is 0.311 e. The first-order chi connectivity index (χ1) is 26.3. The summed E-state index contributed by atoms with van der Waals surface area (Å²) in [6.07, 6.45) is 0. The molecular weight excluding hydrogens is 639 g/mol. The van der Waals surface area contributed by atoms with E-state index in [4.69, 9.17) is 0 Å². The lowest BCUT2D eigenvalue weighted by Gasteiger charge is -2.26. The molecule has 250 valence electrons. The molecule has 9 aromatic carbocycles. The number of anilines is 3. The molecule has 0 fully saturated rings. The van der Waals surface area contributed by atoms with Crippen LogP contribution >= 0.6 is 0 Å². The smallest absolute Gasteiger partial charge is 0.0462 e. The topological polar surface area (TPSA) is 3.24 Å². The fraction of sp³-hybridized carbons (Fsp3) is 0. The minimum absolute atomic E-state index is 1.10. The Morgan fingerprint density at radius 2 is 0.566 bits per heavy atom. The molecule has 0 saturated carbocycles. The van der Waals surface area contributed by atoms with Gasteiger partial charge in [0.05, 0.1) is 0 Å². The van der Waals surface area contributed by atoms with Gasteiger partial charge in [0.25, 0.3) is 0 Å². The molecule has 1 heteroatoms. The number of benzene rings is 9. The molecule has 0 bridgehead atoms. The second kappa shape index (κ2) is 14.3. The van der Waals surface area contributed by atoms with E-state index in [2.05, 4.69) is 229 Å². The number of hydrogen-bond donors (Lipinski definition) is 0. The van der Waals surface area contributed by atoms with Crippen molar-refractivity contribution in [2.75, 3.05) is 4.90 Å². The van der Waals surface area contributed by atoms with E-state index in [1.807, 2.05) is 0 Å². The zero-order valence-corrected chi connectivity index (χ0v) is 29.3. The lowest BCUT2D eigenvalue weighted by Crippen LogP contribution is -2.09. The minimum Gasteiger partial charge on any atom is -0.311 e. The van der Waals surface area contributed by atoms with Gasteiger partial charge in [0.1, 0.15) is 0 Å². The quantitative estimate of drug-likeness (QED) is 0.155. The highest BCUT2D eigenvalue weighted by molar-refractivity contribution is 5.97. The molecule has 0 radical (unpaired) electrons. The van der Waals surface area contributed by atoms with Gasteiger partial charge in [0.2, 0.25) is 0 Å². The van der Waals surface area contributed by atoms with Gasteiger partial charge in [0.15, 0.2) is 0 Å². The van der Waals surface area contributed by atoms with Crippen molar-refractivity contribution in [1.82, 2.24) is 0 Å². The van der Waals surface area contributed by atoms with Crippen molar-refractivity contribution in [3.05, 3.63) is 224 Å². The van der Waals surface area contributed by atoms with Gasteiger partial charge < -0.3 is 4.90 Å². The van der Waals surface area contributed by atoms with Crippen LogP contribution in [0.3, 0.4) is 0 Å². The van der Waals surface area contributed by atoms with Crippen LogP contribution in [-0.2, 0) is 0 Å². The second-order valence-electron chi connectivity index (χ2n) is 13.4. The standard InChI is InChI=1S/C52H37N/c1-3-11-38(12-4-1)40-21-23-41(24-22-40)43-27-33-49(34-28-43)53(48-31-25-42(26-32-48)39-13-5-2-6-14-39)50-35-29-44(30-36-50)46-17-9-18-47(37-46)52-20-10-16-45-15-7-8-19-51(45)52/h1-37H. The van der Waals surface area contributed by atoms with Gasteiger partial charge in [0, 0.05) is 17.1 Å². The highest BCUT2D eigenvalue weighted by atomic mass is 15.1. The molecule has 0 aliphatic rings. The second-order valence-corrected chi connectivity index (χ2v) is 13.4. The summed E-state index contributed by atoms with van der Waals surface area (Å²) in [6.45, 7) is 0. The molecule has 0 aliphatic heterocycles. The Hall–Kier alpha value is -6.96. The Balaban J connectivity index is 1.05. The van der Waals surface area contributed by atoms with E-state index in [-0.39, 0.29) is 0 Å². The van der Waals surface area contributed by atoms with E-state index in [0.29, 0.717) is 0 Å². The van der Waals surface area contributed by atoms with E-state index in [1.165, 1.54) is 66.4 Å². The first-order valence-electron chi connectivity index (χ1n) is 18.2. The SMILES string of the molecule is c1ccc(-c2ccc(-c3ccc(N(c4ccc(-c5ccccc5)cc4)c4ccc(-c5cccc(-c6cccc7ccccc67)c5)cc4)cc3)cc2)cc1. The molecule has 0 saturated heterocycles. The summed E-state index contributed by atoms with van der Waals surface area (Å²) in [6, 6.07) is 80.7. The van der Waals surface area contributed by atoms with Crippen molar-refractivity contribution < 1.29 is 0 Å². The molecular formula is C52H37N. The van der Waals surface area contributed by atoms with Crippen LogP contribution in [0, 0.1) is 0 Å². The molecule has 0 spiro atoms. The van der Waals surface area contributed by atoms with Gasteiger partial charge in [-0.15, -0.1) is 0 Å². The minimum atomic E-state index is 1.10. The lowest BCUT2D eigenvalue weighted by atomic mass is 9.95. The highest BCUT2D eigenvalue weighted by Gasteiger charge is 2.14. The van der Waals surface area contributed by atoms with Crippen LogP contribution in [0.25, 0.3) is 66.4 Å². The molecule has 0 aliphatic carbocycles. The summed E-state index contributed by atoms with van der Waals surface area (Å²) in [5.41, 5.74) is 15.4. The maximum atomic E-state index is 2.34. The van der Waals surface area contributed by atoms with Gasteiger partial charge in [-0.05, 0) is 109 Å². The Labute approximate surface area is 311 Å². The van der Waals surface area contributed by atoms with Crippen molar-refractivity contribution in [2.24, 2.45) is 0 Å². The van der Waals surface area contributed by atoms with E-state index in [1.54, 1.807) is 0 Å². The first-order valence-corrected chi connectivity index (χ1v) is 18.2. The molecule has 9 rings (SSSR count). The third kappa shape index (κ3) is 6.65. The predicted molar refractivity (Wildman–Crippen MR) is 226 cm³/mol. The van der Waals surface area contributed by atoms with Crippen molar-refractivity contribution >= 4 is 27.8 Å². The van der Waals surface area contributed by atoms with Crippen LogP contribution < -0.4 is 4.90 Å². The molecule has 0 aromatic heterocycles. The number of hydrogen-bond acceptors (Lipinski definition) is 1. The highest BCUT2D eigenvalue weighted by Crippen LogP contribution is 2.39. The van der Waals surface area contributed by atoms with E-state index < -0.39 is 0 Å². The summed E-state index contributed by atoms with van der Waals surface area (Å²) in [4.78, 5) is 2.34. The van der Waals surface area contributed by atoms with Crippen molar-refractivity contribution in [3.63, 3.8) is 0 Å². The van der Waals surface area contributed by atoms with E-state index in [0.717, 1.165) is 17.1 Å². The molecule has 0 unspecified atom stereocenters. The van der Waals surface area contributed by atoms with E-state index in [9.17, 15) is 0 Å². The molecule has 0 atom stereocenters. The zero-order chi connectivity index (χ0) is 35.4. The third-order valence-electron chi connectivity index (χ3n) is 10.1. The van der Waals surface area contributed by atoms with Crippen molar-refractivity contribution in [1.29, 1.82) is 0 Å². The van der Waals surface area contributed by atoms with Crippen LogP contribution in [0.5, 0.6) is 0 Å². The third-order valence-corrected chi connectivity index (χ3v) is 10.1. The molecule has 1 nitrogen and oxygen atoms in total. The molecule has 0 N–H and O–H groups in total. The predicted octanol–water partition coefficient (Wildman–Crippen LogP) is 14.6. The maximum absolute atomic E-state index is 2.34. The Bertz CT molecular complexity index is 2600. The van der Waals surface area contributed by atoms with Crippen molar-refractivity contribution in [2.45, 2.75) is 0 Å². The van der Waals surface area contributed by atoms with Gasteiger partial charge in [-0.1, -0.05) is 182 Å². The molecule has 9 aromatic rings. The van der Waals surface area contributed by atoms with Gasteiger partial charge in [-0.25, -0.2) is 0 Å². The number of rotatable bonds is 8. The van der Waals surface area contributed by atoms with Gasteiger partial charge in [-0.3, -0.25) is 0 Å². The average Bonchev–Trinajstić information content (AvgIpc) is 3.25. The molecule has 0 heterocycles. The van der Waals surface area contributed by atoms with Crippen LogP contribution in [0.2, 0.25) is 0 Å². The average molecular weight is 676 g/mol. The molecule has 0 amide bonds. The van der Waals surface area contributed by atoms with Crippen molar-refractivity contribution in [3.8, 4) is 55.6 Å². The summed E-state index contributed by atoms with van der Waals surface area (Å²) < 4.78 is 0. The van der Waals surface area contributed by atoms with Crippen LogP contribution in [0.4, 0.5) is 17.1 Å². The number of nitrogens with zero attached hydrogens (tertiary/aromatic N) is 1. The van der Waals surface area contributed by atoms with E-state index >= 15 is 0 Å². The summed E-state index contributed by atoms with van der Waals surface area (Å²) in [7, 11) is 0. The fourth-order valence-corrected chi connectivity index (χ4v) is 7.32. The zero-order valence-electron chi connectivity index (χ0n) is 29.3. The van der Waals surface area contributed by atoms with Gasteiger partial charge >= 0.3 is 0 Å². The Morgan fingerprint density at radius 3 is 1.08 bits per heavy atom. The lowest BCUT2D eigenvalue weighted by molar-refractivity contribution is 1.28. The molecule has 53 heavy (non-hydrogen) atoms.